The van der Waals surface area contributed by atoms with Gasteiger partial charge in [-0.1, -0.05) is 48.0 Å². The monoisotopic (exact) mass is 312 g/mol. The van der Waals surface area contributed by atoms with Crippen molar-refractivity contribution >= 4 is 17.3 Å². The van der Waals surface area contributed by atoms with Crippen LogP contribution in [0.2, 0.25) is 0 Å². The third-order valence-corrected chi connectivity index (χ3v) is 4.21. The summed E-state index contributed by atoms with van der Waals surface area (Å²) in [6, 6.07) is 15.2. The Morgan fingerprint density at radius 2 is 1.68 bits per heavy atom. The zero-order chi connectivity index (χ0) is 16.1. The second-order valence-corrected chi connectivity index (χ2v) is 6.29. The van der Waals surface area contributed by atoms with Crippen LogP contribution in [0.1, 0.15) is 40.8 Å². The number of benzene rings is 2. The lowest BCUT2D eigenvalue weighted by molar-refractivity contribution is 0.697. The minimum atomic E-state index is 0.192. The summed E-state index contributed by atoms with van der Waals surface area (Å²) in [6.45, 7) is 9.23. The van der Waals surface area contributed by atoms with E-state index in [4.69, 9.17) is 12.2 Å². The predicted octanol–water partition coefficient (Wildman–Crippen LogP) is 4.34. The van der Waals surface area contributed by atoms with Crippen molar-refractivity contribution in [2.45, 2.75) is 40.3 Å². The first kappa shape index (κ1) is 16.5. The maximum atomic E-state index is 5.39. The van der Waals surface area contributed by atoms with E-state index < -0.39 is 0 Å². The number of rotatable bonds is 4. The summed E-state index contributed by atoms with van der Waals surface area (Å²) in [5.41, 5.74) is 6.38. The Bertz CT molecular complexity index is 647. The van der Waals surface area contributed by atoms with Crippen LogP contribution in [0, 0.1) is 20.8 Å². The van der Waals surface area contributed by atoms with E-state index in [1.807, 2.05) is 0 Å². The molecule has 3 heteroatoms. The molecule has 0 aliphatic rings. The highest BCUT2D eigenvalue weighted by Crippen LogP contribution is 2.16. The van der Waals surface area contributed by atoms with Gasteiger partial charge in [0.2, 0.25) is 0 Å². The van der Waals surface area contributed by atoms with Crippen LogP contribution in [0.4, 0.5) is 0 Å². The maximum Gasteiger partial charge on any atom is 0.167 e. The lowest BCUT2D eigenvalue weighted by Gasteiger charge is -2.18. The number of thiocarbonyl (C=S) groups is 1. The van der Waals surface area contributed by atoms with E-state index >= 15 is 0 Å². The van der Waals surface area contributed by atoms with Crippen molar-refractivity contribution in [3.8, 4) is 0 Å². The molecule has 0 heterocycles. The molecule has 2 N–H and O–H groups in total. The molecule has 2 nitrogen and oxygen atoms in total. The van der Waals surface area contributed by atoms with Crippen LogP contribution in [0.15, 0.2) is 42.5 Å². The first-order chi connectivity index (χ1) is 10.5. The Morgan fingerprint density at radius 3 is 2.32 bits per heavy atom. The van der Waals surface area contributed by atoms with Gasteiger partial charge < -0.3 is 10.6 Å². The van der Waals surface area contributed by atoms with Crippen LogP contribution < -0.4 is 10.6 Å². The molecule has 1 unspecified atom stereocenters. The van der Waals surface area contributed by atoms with Crippen LogP contribution >= 0.6 is 12.2 Å². The molecule has 0 amide bonds. The molecular formula is C19H24N2S. The van der Waals surface area contributed by atoms with Crippen molar-refractivity contribution in [1.82, 2.24) is 10.6 Å². The summed E-state index contributed by atoms with van der Waals surface area (Å²) in [5, 5.41) is 7.30. The average molecular weight is 312 g/mol. The number of nitrogens with one attached hydrogen (secondary N) is 2. The van der Waals surface area contributed by atoms with Gasteiger partial charge in [0.25, 0.3) is 0 Å². The molecule has 0 bridgehead atoms. The molecule has 22 heavy (non-hydrogen) atoms. The number of aryl methyl sites for hydroxylation is 3. The second kappa shape index (κ2) is 7.41. The standard InChI is InChI=1S/C19H24N2S/c1-13-5-8-17(9-6-13)12-20-19(22)21-16(4)18-10-7-14(2)15(3)11-18/h5-11,16H,12H2,1-4H3,(H2,20,21,22). The van der Waals surface area contributed by atoms with E-state index in [0.717, 1.165) is 6.54 Å². The first-order valence-electron chi connectivity index (χ1n) is 7.63. The molecule has 0 aliphatic heterocycles. The Hall–Kier alpha value is -1.87. The molecule has 0 spiro atoms. The third-order valence-electron chi connectivity index (χ3n) is 3.95. The predicted molar refractivity (Wildman–Crippen MR) is 98.1 cm³/mol. The topological polar surface area (TPSA) is 24.1 Å². The van der Waals surface area contributed by atoms with E-state index in [1.165, 1.54) is 27.8 Å². The fraction of sp³-hybridized carbons (Fsp3) is 0.316. The van der Waals surface area contributed by atoms with Gasteiger partial charge in [-0.25, -0.2) is 0 Å². The summed E-state index contributed by atoms with van der Waals surface area (Å²) in [5.74, 6) is 0. The van der Waals surface area contributed by atoms with Gasteiger partial charge in [-0.15, -0.1) is 0 Å². The Balaban J connectivity index is 1.88. The van der Waals surface area contributed by atoms with Crippen molar-refractivity contribution in [3.05, 3.63) is 70.3 Å². The van der Waals surface area contributed by atoms with Gasteiger partial charge in [-0.05, 0) is 62.2 Å². The summed E-state index contributed by atoms with van der Waals surface area (Å²) in [6.07, 6.45) is 0. The van der Waals surface area contributed by atoms with E-state index in [2.05, 4.69) is 80.8 Å². The third kappa shape index (κ3) is 4.57. The molecule has 0 aromatic heterocycles. The minimum absolute atomic E-state index is 0.192. The molecule has 0 radical (unpaired) electrons. The van der Waals surface area contributed by atoms with Gasteiger partial charge in [0.1, 0.15) is 0 Å². The van der Waals surface area contributed by atoms with E-state index in [1.54, 1.807) is 0 Å². The highest BCUT2D eigenvalue weighted by molar-refractivity contribution is 7.80. The Kier molecular flexibility index (Phi) is 5.56. The fourth-order valence-electron chi connectivity index (χ4n) is 2.25. The maximum absolute atomic E-state index is 5.39. The van der Waals surface area contributed by atoms with Gasteiger partial charge in [0, 0.05) is 6.54 Å². The second-order valence-electron chi connectivity index (χ2n) is 5.88. The lowest BCUT2D eigenvalue weighted by Crippen LogP contribution is -2.36. The van der Waals surface area contributed by atoms with E-state index in [-0.39, 0.29) is 6.04 Å². The van der Waals surface area contributed by atoms with Gasteiger partial charge in [0.05, 0.1) is 6.04 Å². The van der Waals surface area contributed by atoms with Crippen molar-refractivity contribution in [2.24, 2.45) is 0 Å². The van der Waals surface area contributed by atoms with E-state index in [9.17, 15) is 0 Å². The first-order valence-corrected chi connectivity index (χ1v) is 8.03. The number of hydrogen-bond acceptors (Lipinski definition) is 1. The van der Waals surface area contributed by atoms with Gasteiger partial charge in [-0.3, -0.25) is 0 Å². The SMILES string of the molecule is Cc1ccc(CNC(=S)NC(C)c2ccc(C)c(C)c2)cc1. The van der Waals surface area contributed by atoms with Crippen molar-refractivity contribution in [1.29, 1.82) is 0 Å². The van der Waals surface area contributed by atoms with Gasteiger partial charge >= 0.3 is 0 Å². The van der Waals surface area contributed by atoms with Crippen LogP contribution in [0.25, 0.3) is 0 Å². The van der Waals surface area contributed by atoms with Gasteiger partial charge in [0.15, 0.2) is 5.11 Å². The molecule has 1 atom stereocenters. The highest BCUT2D eigenvalue weighted by Gasteiger charge is 2.07. The molecule has 2 aromatic carbocycles. The fourth-order valence-corrected chi connectivity index (χ4v) is 2.50. The summed E-state index contributed by atoms with van der Waals surface area (Å²) >= 11 is 5.39. The molecule has 0 aliphatic carbocycles. The number of hydrogen-bond donors (Lipinski definition) is 2. The smallest absolute Gasteiger partial charge is 0.167 e. The molecule has 0 saturated heterocycles. The summed E-state index contributed by atoms with van der Waals surface area (Å²) in [4.78, 5) is 0. The van der Waals surface area contributed by atoms with Crippen LogP contribution in [-0.2, 0) is 6.54 Å². The molecule has 2 rings (SSSR count). The minimum Gasteiger partial charge on any atom is -0.359 e. The normalized spacial score (nSPS) is 11.8. The zero-order valence-electron chi connectivity index (χ0n) is 13.7. The summed E-state index contributed by atoms with van der Waals surface area (Å²) < 4.78 is 0. The average Bonchev–Trinajstić information content (AvgIpc) is 2.49. The van der Waals surface area contributed by atoms with Crippen molar-refractivity contribution < 1.29 is 0 Å². The molecule has 116 valence electrons. The van der Waals surface area contributed by atoms with Crippen LogP contribution in [-0.4, -0.2) is 5.11 Å². The molecule has 0 fully saturated rings. The molecule has 0 saturated carbocycles. The lowest BCUT2D eigenvalue weighted by atomic mass is 10.0. The molecular weight excluding hydrogens is 288 g/mol. The Labute approximate surface area is 139 Å². The largest absolute Gasteiger partial charge is 0.359 e. The quantitative estimate of drug-likeness (QED) is 0.821. The highest BCUT2D eigenvalue weighted by atomic mass is 32.1. The van der Waals surface area contributed by atoms with Crippen LogP contribution in [0.5, 0.6) is 0 Å². The van der Waals surface area contributed by atoms with Crippen LogP contribution in [0.3, 0.4) is 0 Å². The summed E-state index contributed by atoms with van der Waals surface area (Å²) in [7, 11) is 0. The van der Waals surface area contributed by atoms with Crippen molar-refractivity contribution in [2.75, 3.05) is 0 Å². The van der Waals surface area contributed by atoms with E-state index in [0.29, 0.717) is 5.11 Å². The van der Waals surface area contributed by atoms with Gasteiger partial charge in [-0.2, -0.15) is 0 Å². The van der Waals surface area contributed by atoms with Crippen molar-refractivity contribution in [3.63, 3.8) is 0 Å². The zero-order valence-corrected chi connectivity index (χ0v) is 14.6. The Morgan fingerprint density at radius 1 is 1.00 bits per heavy atom. The molecule has 2 aromatic rings.